The van der Waals surface area contributed by atoms with Gasteiger partial charge in [-0.25, -0.2) is 15.0 Å². The summed E-state index contributed by atoms with van der Waals surface area (Å²) in [6.07, 6.45) is 3.85. The van der Waals surface area contributed by atoms with E-state index in [2.05, 4.69) is 19.9 Å². The van der Waals surface area contributed by atoms with Crippen LogP contribution in [0.25, 0.3) is 11.4 Å². The predicted octanol–water partition coefficient (Wildman–Crippen LogP) is 4.74. The van der Waals surface area contributed by atoms with Crippen LogP contribution in [0.3, 0.4) is 0 Å². The maximum atomic E-state index is 13.8. The summed E-state index contributed by atoms with van der Waals surface area (Å²) in [5.41, 5.74) is 1.74. The van der Waals surface area contributed by atoms with Crippen molar-refractivity contribution < 1.29 is 18.0 Å². The zero-order valence-corrected chi connectivity index (χ0v) is 18.7. The number of hydrogen-bond donors (Lipinski definition) is 0. The van der Waals surface area contributed by atoms with Gasteiger partial charge >= 0.3 is 6.18 Å². The summed E-state index contributed by atoms with van der Waals surface area (Å²) in [6, 6.07) is 7.43. The highest BCUT2D eigenvalue weighted by molar-refractivity contribution is 6.00. The average molecular weight is 467 g/mol. The highest BCUT2D eigenvalue weighted by atomic mass is 19.4. The highest BCUT2D eigenvalue weighted by Gasteiger charge is 2.47. The van der Waals surface area contributed by atoms with Crippen LogP contribution in [0.15, 0.2) is 49.1 Å². The largest absolute Gasteiger partial charge is 0.434 e. The molecule has 1 saturated carbocycles. The van der Waals surface area contributed by atoms with Crippen LogP contribution in [0.4, 0.5) is 13.2 Å². The molecule has 3 aromatic rings. The molecule has 1 amide bonds. The van der Waals surface area contributed by atoms with Gasteiger partial charge in [-0.15, -0.1) is 0 Å². The molecule has 0 bridgehead atoms. The number of amides is 1. The molecular weight excluding hydrogens is 443 g/mol. The first-order valence-electron chi connectivity index (χ1n) is 11.4. The fourth-order valence-electron chi connectivity index (χ4n) is 4.79. The fourth-order valence-corrected chi connectivity index (χ4v) is 4.79. The number of aromatic nitrogens is 4. The van der Waals surface area contributed by atoms with Gasteiger partial charge in [-0.1, -0.05) is 17.7 Å². The molecular formula is C25H24F3N5O. The van der Waals surface area contributed by atoms with Gasteiger partial charge in [-0.3, -0.25) is 9.78 Å². The Balaban J connectivity index is 1.37. The van der Waals surface area contributed by atoms with Gasteiger partial charge in [0, 0.05) is 36.7 Å². The van der Waals surface area contributed by atoms with E-state index < -0.39 is 11.9 Å². The van der Waals surface area contributed by atoms with E-state index in [4.69, 9.17) is 0 Å². The van der Waals surface area contributed by atoms with Crippen molar-refractivity contribution in [3.63, 3.8) is 0 Å². The van der Waals surface area contributed by atoms with Crippen LogP contribution in [0.1, 0.15) is 46.6 Å². The minimum absolute atomic E-state index is 0.00889. The zero-order valence-electron chi connectivity index (χ0n) is 18.7. The predicted molar refractivity (Wildman–Crippen MR) is 119 cm³/mol. The van der Waals surface area contributed by atoms with Crippen molar-refractivity contribution in [1.29, 1.82) is 0 Å². The molecule has 3 atom stereocenters. The van der Waals surface area contributed by atoms with Crippen molar-refractivity contribution in [1.82, 2.24) is 24.8 Å². The topological polar surface area (TPSA) is 71.9 Å². The number of nitrogens with zero attached hydrogens (tertiary/aromatic N) is 5. The molecule has 0 spiro atoms. The third-order valence-electron chi connectivity index (χ3n) is 6.72. The smallest absolute Gasteiger partial charge is 0.335 e. The normalized spacial score (nSPS) is 21.8. The number of aryl methyl sites for hydroxylation is 2. The minimum Gasteiger partial charge on any atom is -0.335 e. The summed E-state index contributed by atoms with van der Waals surface area (Å²) in [5, 5.41) is 0. The number of fused-ring (bicyclic) bond motifs is 1. The summed E-state index contributed by atoms with van der Waals surface area (Å²) >= 11 is 0. The lowest BCUT2D eigenvalue weighted by Crippen LogP contribution is -2.45. The van der Waals surface area contributed by atoms with Crippen LogP contribution in [-0.2, 0) is 12.6 Å². The lowest BCUT2D eigenvalue weighted by Gasteiger charge is -2.36. The molecule has 1 aliphatic heterocycles. The molecule has 3 heterocycles. The molecule has 9 heteroatoms. The van der Waals surface area contributed by atoms with Crippen molar-refractivity contribution in [3.8, 4) is 11.4 Å². The average Bonchev–Trinajstić information content (AvgIpc) is 3.60. The van der Waals surface area contributed by atoms with Gasteiger partial charge in [0.05, 0.1) is 17.5 Å². The molecule has 2 fully saturated rings. The number of halogens is 3. The van der Waals surface area contributed by atoms with Crippen molar-refractivity contribution in [3.05, 3.63) is 71.6 Å². The molecule has 0 radical (unpaired) electrons. The number of carbonyl (C=O) groups is 1. The Hall–Kier alpha value is -3.36. The number of alkyl halides is 3. The summed E-state index contributed by atoms with van der Waals surface area (Å²) in [6.45, 7) is 2.64. The standard InChI is InChI=1S/C25H24F3N5O/c1-15-3-6-20(23-29-7-2-8-30-23)21(9-15)24(34)33-14-17-10-16(17)11-19(33)5-4-18-12-32-22(13-31-18)25(26,27)28/h2-3,6-9,12-13,16-17,19H,4-5,10-11,14H2,1H3/t16-,17+,19-/m1/s1. The van der Waals surface area contributed by atoms with E-state index in [9.17, 15) is 18.0 Å². The van der Waals surface area contributed by atoms with Gasteiger partial charge < -0.3 is 4.90 Å². The summed E-state index contributed by atoms with van der Waals surface area (Å²) in [5.74, 6) is 1.58. The van der Waals surface area contributed by atoms with Gasteiger partial charge in [0.15, 0.2) is 11.5 Å². The summed E-state index contributed by atoms with van der Waals surface area (Å²) in [7, 11) is 0. The van der Waals surface area contributed by atoms with E-state index >= 15 is 0 Å². The van der Waals surface area contributed by atoms with Gasteiger partial charge in [0.2, 0.25) is 0 Å². The second kappa shape index (κ2) is 8.77. The molecule has 1 saturated heterocycles. The molecule has 34 heavy (non-hydrogen) atoms. The van der Waals surface area contributed by atoms with Crippen LogP contribution < -0.4 is 0 Å². The second-order valence-corrected chi connectivity index (χ2v) is 9.15. The van der Waals surface area contributed by atoms with Crippen LogP contribution in [-0.4, -0.2) is 43.3 Å². The van der Waals surface area contributed by atoms with Crippen molar-refractivity contribution >= 4 is 5.91 Å². The van der Waals surface area contributed by atoms with Crippen molar-refractivity contribution in [2.75, 3.05) is 6.54 Å². The van der Waals surface area contributed by atoms with Crippen LogP contribution in [0, 0.1) is 18.8 Å². The first kappa shape index (κ1) is 22.4. The van der Waals surface area contributed by atoms with Gasteiger partial charge in [0.1, 0.15) is 0 Å². The number of benzene rings is 1. The molecule has 0 N–H and O–H groups in total. The van der Waals surface area contributed by atoms with Gasteiger partial charge in [0.25, 0.3) is 5.91 Å². The van der Waals surface area contributed by atoms with Crippen molar-refractivity contribution in [2.24, 2.45) is 11.8 Å². The van der Waals surface area contributed by atoms with Crippen LogP contribution in [0.5, 0.6) is 0 Å². The molecule has 6 nitrogen and oxygen atoms in total. The van der Waals surface area contributed by atoms with E-state index in [0.717, 1.165) is 24.6 Å². The number of hydrogen-bond acceptors (Lipinski definition) is 5. The summed E-state index contributed by atoms with van der Waals surface area (Å²) < 4.78 is 38.3. The maximum absolute atomic E-state index is 13.8. The monoisotopic (exact) mass is 467 g/mol. The Morgan fingerprint density at radius 1 is 1.06 bits per heavy atom. The Labute approximate surface area is 195 Å². The van der Waals surface area contributed by atoms with Gasteiger partial charge in [-0.05, 0) is 56.6 Å². The molecule has 1 aromatic carbocycles. The Morgan fingerprint density at radius 2 is 1.85 bits per heavy atom. The second-order valence-electron chi connectivity index (χ2n) is 9.15. The molecule has 176 valence electrons. The maximum Gasteiger partial charge on any atom is 0.434 e. The summed E-state index contributed by atoms with van der Waals surface area (Å²) in [4.78, 5) is 31.9. The van der Waals surface area contributed by atoms with Crippen molar-refractivity contribution in [2.45, 2.75) is 44.8 Å². The number of carbonyl (C=O) groups excluding carboxylic acids is 1. The minimum atomic E-state index is -4.51. The fraction of sp³-hybridized carbons (Fsp3) is 0.400. The Morgan fingerprint density at radius 3 is 2.56 bits per heavy atom. The zero-order chi connectivity index (χ0) is 23.9. The van der Waals surface area contributed by atoms with E-state index in [1.165, 1.54) is 6.20 Å². The Bertz CT molecular complexity index is 1180. The molecule has 0 unspecified atom stereocenters. The lowest BCUT2D eigenvalue weighted by atomic mass is 9.94. The lowest BCUT2D eigenvalue weighted by molar-refractivity contribution is -0.141. The van der Waals surface area contributed by atoms with Gasteiger partial charge in [-0.2, -0.15) is 13.2 Å². The van der Waals surface area contributed by atoms with E-state index in [1.807, 2.05) is 30.0 Å². The quantitative estimate of drug-likeness (QED) is 0.542. The van der Waals surface area contributed by atoms with Crippen LogP contribution in [0.2, 0.25) is 0 Å². The first-order valence-corrected chi connectivity index (χ1v) is 11.4. The third-order valence-corrected chi connectivity index (χ3v) is 6.72. The van der Waals surface area contributed by atoms with Crippen LogP contribution >= 0.6 is 0 Å². The van der Waals surface area contributed by atoms with E-state index in [-0.39, 0.29) is 11.9 Å². The highest BCUT2D eigenvalue weighted by Crippen LogP contribution is 2.48. The number of likely N-dealkylation sites (tertiary alicyclic amines) is 1. The third kappa shape index (κ3) is 4.64. The number of piperidine rings is 1. The molecule has 2 aliphatic rings. The number of rotatable bonds is 5. The van der Waals surface area contributed by atoms with E-state index in [1.54, 1.807) is 18.5 Å². The molecule has 5 rings (SSSR count). The van der Waals surface area contributed by atoms with E-state index in [0.29, 0.717) is 53.9 Å². The molecule has 2 aromatic heterocycles. The first-order chi connectivity index (χ1) is 16.3. The SMILES string of the molecule is Cc1ccc(-c2ncccn2)c(C(=O)N2C[C@@H]3C[C@@H]3C[C@H]2CCc2cnc(C(F)(F)F)cn2)c1. The Kier molecular flexibility index (Phi) is 5.79. The molecule has 1 aliphatic carbocycles.